The molecule has 0 fully saturated rings. The summed E-state index contributed by atoms with van der Waals surface area (Å²) in [6.07, 6.45) is 0.444. The van der Waals surface area contributed by atoms with Crippen LogP contribution < -0.4 is 9.47 Å². The third-order valence-electron chi connectivity index (χ3n) is 6.62. The minimum atomic E-state index is -3.79. The quantitative estimate of drug-likeness (QED) is 0.471. The van der Waals surface area contributed by atoms with Crippen molar-refractivity contribution in [2.45, 2.75) is 17.9 Å². The topological polar surface area (TPSA) is 124 Å². The van der Waals surface area contributed by atoms with E-state index in [0.717, 1.165) is 11.1 Å². The van der Waals surface area contributed by atoms with Gasteiger partial charge in [0, 0.05) is 51.8 Å². The third-order valence-corrected chi connectivity index (χ3v) is 8.38. The van der Waals surface area contributed by atoms with E-state index < -0.39 is 16.1 Å². The molecular weight excluding hydrogens is 488 g/mol. The molecule has 188 valence electrons. The fourth-order valence-electron chi connectivity index (χ4n) is 4.90. The van der Waals surface area contributed by atoms with Crippen molar-refractivity contribution in [3.63, 3.8) is 0 Å². The predicted octanol–water partition coefficient (Wildman–Crippen LogP) is 1.83. The van der Waals surface area contributed by atoms with Crippen LogP contribution in [0.5, 0.6) is 11.6 Å². The normalized spacial score (nSPS) is 18.7. The molecule has 0 N–H and O–H groups in total. The molecule has 3 aliphatic rings. The zero-order valence-electron chi connectivity index (χ0n) is 19.8. The van der Waals surface area contributed by atoms with Crippen LogP contribution in [0.1, 0.15) is 17.6 Å². The molecule has 0 saturated carbocycles. The Morgan fingerprint density at radius 2 is 1.86 bits per heavy atom. The molecule has 1 amide bonds. The number of hydrogen-bond donors (Lipinski definition) is 0. The van der Waals surface area contributed by atoms with E-state index in [0.29, 0.717) is 60.5 Å². The second kappa shape index (κ2) is 8.57. The summed E-state index contributed by atoms with van der Waals surface area (Å²) in [5.41, 5.74) is 3.67. The summed E-state index contributed by atoms with van der Waals surface area (Å²) >= 11 is 0. The first-order valence-electron chi connectivity index (χ1n) is 11.5. The number of hydrogen-bond acceptors (Lipinski definition) is 9. The van der Waals surface area contributed by atoms with E-state index in [-0.39, 0.29) is 23.9 Å². The Bertz CT molecular complexity index is 1500. The van der Waals surface area contributed by atoms with Crippen LogP contribution in [0, 0.1) is 6.92 Å². The summed E-state index contributed by atoms with van der Waals surface area (Å²) < 4.78 is 50.0. The van der Waals surface area contributed by atoms with Crippen LogP contribution in [0.15, 0.2) is 50.9 Å². The summed E-state index contributed by atoms with van der Waals surface area (Å²) in [6, 6.07) is 6.86. The Morgan fingerprint density at radius 3 is 2.61 bits per heavy atom. The maximum atomic E-state index is 13.4. The van der Waals surface area contributed by atoms with Gasteiger partial charge in [0.25, 0.3) is 11.8 Å². The maximum Gasteiger partial charge on any atom is 0.257 e. The molecule has 0 bridgehead atoms. The van der Waals surface area contributed by atoms with Crippen molar-refractivity contribution in [1.29, 1.82) is 0 Å². The highest BCUT2D eigenvalue weighted by atomic mass is 32.2. The van der Waals surface area contributed by atoms with Crippen LogP contribution in [0.2, 0.25) is 0 Å². The Labute approximate surface area is 207 Å². The van der Waals surface area contributed by atoms with E-state index in [2.05, 4.69) is 9.97 Å². The van der Waals surface area contributed by atoms with Crippen LogP contribution >= 0.6 is 0 Å². The molecule has 6 rings (SSSR count). The van der Waals surface area contributed by atoms with Gasteiger partial charge in [0.15, 0.2) is 23.3 Å². The molecule has 5 heterocycles. The molecule has 3 aliphatic heterocycles. The van der Waals surface area contributed by atoms with Crippen molar-refractivity contribution in [3.8, 4) is 11.6 Å². The minimum Gasteiger partial charge on any atom is -0.484 e. The highest BCUT2D eigenvalue weighted by Crippen LogP contribution is 2.35. The smallest absolute Gasteiger partial charge is 0.257 e. The first-order chi connectivity index (χ1) is 17.3. The number of rotatable bonds is 5. The Hall–Kier alpha value is -3.48. The van der Waals surface area contributed by atoms with Crippen LogP contribution in [-0.2, 0) is 19.6 Å². The average molecular weight is 513 g/mol. The van der Waals surface area contributed by atoms with Gasteiger partial charge in [0.1, 0.15) is 23.6 Å². The average Bonchev–Trinajstić information content (AvgIpc) is 3.57. The second-order valence-corrected chi connectivity index (χ2v) is 10.8. The van der Waals surface area contributed by atoms with E-state index in [1.807, 2.05) is 6.07 Å². The fourth-order valence-corrected chi connectivity index (χ4v) is 6.29. The largest absolute Gasteiger partial charge is 0.484 e. The van der Waals surface area contributed by atoms with Gasteiger partial charge in [-0.1, -0.05) is 12.1 Å². The number of carbonyl (C=O) groups excluding carboxylic acids is 1. The zero-order valence-corrected chi connectivity index (χ0v) is 20.6. The summed E-state index contributed by atoms with van der Waals surface area (Å²) in [4.78, 5) is 23.7. The zero-order chi connectivity index (χ0) is 25.0. The van der Waals surface area contributed by atoms with Crippen molar-refractivity contribution in [3.05, 3.63) is 53.1 Å². The summed E-state index contributed by atoms with van der Waals surface area (Å²) in [5.74, 6) is 0.920. The number of ether oxygens (including phenoxy) is 3. The van der Waals surface area contributed by atoms with Gasteiger partial charge < -0.3 is 23.5 Å². The summed E-state index contributed by atoms with van der Waals surface area (Å²) in [6.45, 7) is 3.58. The Kier molecular flexibility index (Phi) is 5.47. The van der Waals surface area contributed by atoms with Crippen molar-refractivity contribution in [2.24, 2.45) is 0 Å². The van der Waals surface area contributed by atoms with Crippen molar-refractivity contribution < 1.29 is 31.8 Å². The molecule has 12 heteroatoms. The molecule has 3 aromatic rings. The van der Waals surface area contributed by atoms with Crippen LogP contribution in [0.3, 0.4) is 0 Å². The maximum absolute atomic E-state index is 13.4. The lowest BCUT2D eigenvalue weighted by Crippen LogP contribution is -2.39. The summed E-state index contributed by atoms with van der Waals surface area (Å²) in [5, 5.41) is 0. The molecular formula is C24H24N4O7S. The minimum absolute atomic E-state index is 0.0521. The van der Waals surface area contributed by atoms with E-state index >= 15 is 0 Å². The lowest BCUT2D eigenvalue weighted by atomic mass is 10.1. The lowest BCUT2D eigenvalue weighted by molar-refractivity contribution is -0.141. The van der Waals surface area contributed by atoms with Crippen LogP contribution in [0.4, 0.5) is 0 Å². The summed E-state index contributed by atoms with van der Waals surface area (Å²) in [7, 11) is -2.30. The fraction of sp³-hybridized carbons (Fsp3) is 0.375. The number of benzene rings is 1. The first-order valence-corrected chi connectivity index (χ1v) is 12.9. The molecule has 2 aromatic heterocycles. The third kappa shape index (κ3) is 3.72. The Balaban J connectivity index is 1.17. The number of aromatic nitrogens is 2. The SMILES string of the molecule is CO[C@H](C(=O)N1CC2=C(C1)CN(S(=O)(=O)c1cnc3c(c1)OCCO3)C2)c1cccc2oc(C)nc12. The first kappa shape index (κ1) is 23.0. The molecule has 0 radical (unpaired) electrons. The molecule has 0 spiro atoms. The van der Waals surface area contributed by atoms with E-state index in [9.17, 15) is 13.2 Å². The molecule has 0 unspecified atom stereocenters. The highest BCUT2D eigenvalue weighted by Gasteiger charge is 2.40. The molecule has 1 atom stereocenters. The molecule has 36 heavy (non-hydrogen) atoms. The molecule has 11 nitrogen and oxygen atoms in total. The van der Waals surface area contributed by atoms with Gasteiger partial charge >= 0.3 is 0 Å². The number of carbonyl (C=O) groups is 1. The van der Waals surface area contributed by atoms with Gasteiger partial charge in [-0.2, -0.15) is 4.31 Å². The number of para-hydroxylation sites is 1. The van der Waals surface area contributed by atoms with Crippen molar-refractivity contribution >= 4 is 27.0 Å². The number of amides is 1. The van der Waals surface area contributed by atoms with Gasteiger partial charge in [-0.3, -0.25) is 4.79 Å². The number of oxazole rings is 1. The predicted molar refractivity (Wildman–Crippen MR) is 126 cm³/mol. The van der Waals surface area contributed by atoms with E-state index in [1.165, 1.54) is 23.7 Å². The van der Waals surface area contributed by atoms with Crippen molar-refractivity contribution in [2.75, 3.05) is 46.5 Å². The lowest BCUT2D eigenvalue weighted by Gasteiger charge is -2.26. The number of nitrogens with zero attached hydrogens (tertiary/aromatic N) is 4. The Morgan fingerprint density at radius 1 is 1.11 bits per heavy atom. The van der Waals surface area contributed by atoms with Gasteiger partial charge in [0.2, 0.25) is 10.0 Å². The molecule has 0 aliphatic carbocycles. The second-order valence-electron chi connectivity index (χ2n) is 8.89. The van der Waals surface area contributed by atoms with Gasteiger partial charge in [-0.15, -0.1) is 0 Å². The number of pyridine rings is 1. The number of methoxy groups -OCH3 is 1. The van der Waals surface area contributed by atoms with Gasteiger partial charge in [0.05, 0.1) is 6.20 Å². The monoisotopic (exact) mass is 512 g/mol. The standard InChI is InChI=1S/C24H24N4O7S/c1-14-26-21-18(4-3-5-19(21)35-14)22(32-2)24(29)27-10-15-12-28(13-16(15)11-27)36(30,31)17-8-20-23(25-9-17)34-7-6-33-20/h3-5,8-9,22H,6-7,10-13H2,1-2H3/t22-/m0/s1. The van der Waals surface area contributed by atoms with Crippen LogP contribution in [-0.4, -0.2) is 80.0 Å². The van der Waals surface area contributed by atoms with E-state index in [1.54, 1.807) is 24.0 Å². The van der Waals surface area contributed by atoms with Crippen LogP contribution in [0.25, 0.3) is 11.1 Å². The molecule has 0 saturated heterocycles. The van der Waals surface area contributed by atoms with E-state index in [4.69, 9.17) is 18.6 Å². The molecule has 1 aromatic carbocycles. The number of fused-ring (bicyclic) bond motifs is 2. The van der Waals surface area contributed by atoms with Gasteiger partial charge in [-0.05, 0) is 17.2 Å². The van der Waals surface area contributed by atoms with Crippen molar-refractivity contribution in [1.82, 2.24) is 19.2 Å². The number of sulfonamides is 1. The number of aryl methyl sites for hydroxylation is 1. The van der Waals surface area contributed by atoms with Gasteiger partial charge in [-0.25, -0.2) is 18.4 Å². The highest BCUT2D eigenvalue weighted by molar-refractivity contribution is 7.89.